The standard InChI is InChI=1S/C12H22ClN3O3S/c1-8-4-16(9(2)3-14-8)5-12(17)15-11-7-20(18,19)6-10(11)13/h8-11,14H,3-7H2,1-2H3,(H,15,17). The number of hydrogen-bond acceptors (Lipinski definition) is 5. The number of rotatable bonds is 3. The van der Waals surface area contributed by atoms with E-state index < -0.39 is 21.3 Å². The molecule has 6 nitrogen and oxygen atoms in total. The molecule has 0 aromatic rings. The molecule has 8 heteroatoms. The van der Waals surface area contributed by atoms with Crippen molar-refractivity contribution in [3.8, 4) is 0 Å². The SMILES string of the molecule is CC1CN(CC(=O)NC2CS(=O)(=O)CC2Cl)C(C)CN1. The molecule has 0 radical (unpaired) electrons. The summed E-state index contributed by atoms with van der Waals surface area (Å²) in [7, 11) is -3.11. The van der Waals surface area contributed by atoms with Crippen LogP contribution in [0.15, 0.2) is 0 Å². The first-order chi connectivity index (χ1) is 9.27. The third kappa shape index (κ3) is 4.07. The van der Waals surface area contributed by atoms with Gasteiger partial charge in [0, 0.05) is 25.2 Å². The number of hydrogen-bond donors (Lipinski definition) is 2. The fraction of sp³-hybridized carbons (Fsp3) is 0.917. The predicted octanol–water partition coefficient (Wildman–Crippen LogP) is -0.811. The maximum atomic E-state index is 12.0. The van der Waals surface area contributed by atoms with E-state index >= 15 is 0 Å². The van der Waals surface area contributed by atoms with E-state index in [2.05, 4.69) is 29.4 Å². The van der Waals surface area contributed by atoms with Crippen LogP contribution >= 0.6 is 11.6 Å². The lowest BCUT2D eigenvalue weighted by Gasteiger charge is -2.37. The Morgan fingerprint density at radius 3 is 2.70 bits per heavy atom. The number of halogens is 1. The van der Waals surface area contributed by atoms with E-state index in [-0.39, 0.29) is 30.0 Å². The minimum Gasteiger partial charge on any atom is -0.350 e. The summed E-state index contributed by atoms with van der Waals surface area (Å²) in [6, 6.07) is 0.174. The molecule has 2 rings (SSSR count). The Labute approximate surface area is 125 Å². The number of amides is 1. The van der Waals surface area contributed by atoms with Gasteiger partial charge in [0.05, 0.1) is 29.5 Å². The number of sulfone groups is 1. The number of piperazine rings is 1. The Balaban J connectivity index is 1.86. The van der Waals surface area contributed by atoms with Gasteiger partial charge in [-0.1, -0.05) is 0 Å². The topological polar surface area (TPSA) is 78.5 Å². The van der Waals surface area contributed by atoms with Crippen LogP contribution in [-0.2, 0) is 14.6 Å². The number of alkyl halides is 1. The number of nitrogens with one attached hydrogen (secondary N) is 2. The maximum absolute atomic E-state index is 12.0. The zero-order valence-corrected chi connectivity index (χ0v) is 13.4. The van der Waals surface area contributed by atoms with Crippen molar-refractivity contribution in [2.75, 3.05) is 31.1 Å². The van der Waals surface area contributed by atoms with E-state index in [4.69, 9.17) is 11.6 Å². The van der Waals surface area contributed by atoms with Crippen molar-refractivity contribution in [3.63, 3.8) is 0 Å². The lowest BCUT2D eigenvalue weighted by molar-refractivity contribution is -0.123. The molecular formula is C12H22ClN3O3S. The molecule has 0 aromatic heterocycles. The van der Waals surface area contributed by atoms with Crippen LogP contribution in [0.1, 0.15) is 13.8 Å². The lowest BCUT2D eigenvalue weighted by atomic mass is 10.1. The smallest absolute Gasteiger partial charge is 0.234 e. The Kier molecular flexibility index (Phi) is 4.94. The van der Waals surface area contributed by atoms with E-state index in [1.165, 1.54) is 0 Å². The normalized spacial score (nSPS) is 37.8. The molecule has 2 aliphatic rings. The summed E-state index contributed by atoms with van der Waals surface area (Å²) in [5.41, 5.74) is 0. The van der Waals surface area contributed by atoms with Crippen molar-refractivity contribution >= 4 is 27.3 Å². The van der Waals surface area contributed by atoms with Crippen molar-refractivity contribution in [2.24, 2.45) is 0 Å². The van der Waals surface area contributed by atoms with Crippen LogP contribution in [0.3, 0.4) is 0 Å². The van der Waals surface area contributed by atoms with Crippen LogP contribution in [0.2, 0.25) is 0 Å². The number of carbonyl (C=O) groups is 1. The summed E-state index contributed by atoms with van der Waals surface area (Å²) in [6.45, 7) is 6.09. The second-order valence-electron chi connectivity index (χ2n) is 5.85. The van der Waals surface area contributed by atoms with E-state index in [0.717, 1.165) is 13.1 Å². The van der Waals surface area contributed by atoms with E-state index in [0.29, 0.717) is 6.04 Å². The van der Waals surface area contributed by atoms with Gasteiger partial charge in [0.15, 0.2) is 9.84 Å². The van der Waals surface area contributed by atoms with E-state index in [9.17, 15) is 13.2 Å². The summed E-state index contributed by atoms with van der Waals surface area (Å²) in [5, 5.41) is 5.58. The van der Waals surface area contributed by atoms with Gasteiger partial charge in [0.25, 0.3) is 0 Å². The molecule has 4 atom stereocenters. The molecule has 0 spiro atoms. The van der Waals surface area contributed by atoms with Gasteiger partial charge in [0.1, 0.15) is 0 Å². The molecule has 116 valence electrons. The summed E-state index contributed by atoms with van der Waals surface area (Å²) in [5.74, 6) is -0.264. The van der Waals surface area contributed by atoms with Gasteiger partial charge in [0.2, 0.25) is 5.91 Å². The average molecular weight is 324 g/mol. The van der Waals surface area contributed by atoms with E-state index in [1.807, 2.05) is 0 Å². The first kappa shape index (κ1) is 16.0. The zero-order valence-electron chi connectivity index (χ0n) is 11.8. The van der Waals surface area contributed by atoms with E-state index in [1.54, 1.807) is 0 Å². The number of carbonyl (C=O) groups excluding carboxylic acids is 1. The highest BCUT2D eigenvalue weighted by atomic mass is 35.5. The molecule has 0 aliphatic carbocycles. The van der Waals surface area contributed by atoms with Gasteiger partial charge >= 0.3 is 0 Å². The molecule has 2 fully saturated rings. The van der Waals surface area contributed by atoms with Crippen LogP contribution in [0, 0.1) is 0 Å². The van der Waals surface area contributed by atoms with Crippen molar-refractivity contribution in [1.29, 1.82) is 0 Å². The summed E-state index contributed by atoms with van der Waals surface area (Å²) in [4.78, 5) is 14.1. The molecule has 2 N–H and O–H groups in total. The molecule has 20 heavy (non-hydrogen) atoms. The molecule has 0 saturated carbocycles. The highest BCUT2D eigenvalue weighted by Crippen LogP contribution is 2.18. The van der Waals surface area contributed by atoms with Crippen LogP contribution in [0.4, 0.5) is 0 Å². The van der Waals surface area contributed by atoms with Gasteiger partial charge in [-0.25, -0.2) is 8.42 Å². The Hall–Kier alpha value is -0.370. The fourth-order valence-electron chi connectivity index (χ4n) is 2.69. The lowest BCUT2D eigenvalue weighted by Crippen LogP contribution is -2.57. The van der Waals surface area contributed by atoms with Crippen LogP contribution in [0.5, 0.6) is 0 Å². The maximum Gasteiger partial charge on any atom is 0.234 e. The average Bonchev–Trinajstić information content (AvgIpc) is 2.57. The zero-order chi connectivity index (χ0) is 14.9. The predicted molar refractivity (Wildman–Crippen MR) is 78.7 cm³/mol. The molecule has 2 saturated heterocycles. The summed E-state index contributed by atoms with van der Waals surface area (Å²) in [6.07, 6.45) is 0. The third-order valence-corrected chi connectivity index (χ3v) is 6.25. The van der Waals surface area contributed by atoms with Crippen molar-refractivity contribution in [1.82, 2.24) is 15.5 Å². The van der Waals surface area contributed by atoms with Crippen molar-refractivity contribution < 1.29 is 13.2 Å². The Morgan fingerprint density at radius 1 is 1.40 bits per heavy atom. The van der Waals surface area contributed by atoms with Crippen LogP contribution in [-0.4, -0.2) is 73.9 Å². The third-order valence-electron chi connectivity index (χ3n) is 3.87. The van der Waals surface area contributed by atoms with Gasteiger partial charge in [-0.2, -0.15) is 0 Å². The molecule has 0 aromatic carbocycles. The molecular weight excluding hydrogens is 302 g/mol. The Bertz CT molecular complexity index is 471. The van der Waals surface area contributed by atoms with Crippen LogP contribution < -0.4 is 10.6 Å². The van der Waals surface area contributed by atoms with Crippen LogP contribution in [0.25, 0.3) is 0 Å². The summed E-state index contributed by atoms with van der Waals surface area (Å²) >= 11 is 5.98. The highest BCUT2D eigenvalue weighted by molar-refractivity contribution is 7.91. The minimum atomic E-state index is -3.11. The van der Waals surface area contributed by atoms with Gasteiger partial charge < -0.3 is 10.6 Å². The van der Waals surface area contributed by atoms with Gasteiger partial charge in [-0.15, -0.1) is 11.6 Å². The van der Waals surface area contributed by atoms with Crippen molar-refractivity contribution in [2.45, 2.75) is 37.4 Å². The number of nitrogens with zero attached hydrogens (tertiary/aromatic N) is 1. The first-order valence-electron chi connectivity index (χ1n) is 6.88. The largest absolute Gasteiger partial charge is 0.350 e. The molecule has 2 aliphatic heterocycles. The molecule has 0 bridgehead atoms. The monoisotopic (exact) mass is 323 g/mol. The van der Waals surface area contributed by atoms with Gasteiger partial charge in [-0.05, 0) is 13.8 Å². The molecule has 4 unspecified atom stereocenters. The Morgan fingerprint density at radius 2 is 2.10 bits per heavy atom. The fourth-order valence-corrected chi connectivity index (χ4v) is 5.24. The minimum absolute atomic E-state index is 0.0550. The molecule has 1 amide bonds. The van der Waals surface area contributed by atoms with Gasteiger partial charge in [-0.3, -0.25) is 9.69 Å². The van der Waals surface area contributed by atoms with Crippen molar-refractivity contribution in [3.05, 3.63) is 0 Å². The first-order valence-corrected chi connectivity index (χ1v) is 9.14. The molecule has 2 heterocycles. The second-order valence-corrected chi connectivity index (χ2v) is 8.57. The second kappa shape index (κ2) is 6.17. The summed E-state index contributed by atoms with van der Waals surface area (Å²) < 4.78 is 22.9. The quantitative estimate of drug-likeness (QED) is 0.664. The highest BCUT2D eigenvalue weighted by Gasteiger charge is 2.37.